The molecule has 6 nitrogen and oxygen atoms in total. The lowest BCUT2D eigenvalue weighted by Gasteiger charge is -2.20. The van der Waals surface area contributed by atoms with E-state index in [1.165, 1.54) is 6.33 Å². The number of anilines is 1. The minimum Gasteiger partial charge on any atom is -0.442 e. The lowest BCUT2D eigenvalue weighted by molar-refractivity contribution is 0.0924. The number of rotatable bonds is 5. The summed E-state index contributed by atoms with van der Waals surface area (Å²) < 4.78 is 5.73. The third-order valence-corrected chi connectivity index (χ3v) is 5.74. The summed E-state index contributed by atoms with van der Waals surface area (Å²) in [4.78, 5) is 21.5. The second-order valence-electron chi connectivity index (χ2n) is 7.97. The average Bonchev–Trinajstić information content (AvgIpc) is 3.40. The predicted octanol–water partition coefficient (Wildman–Crippen LogP) is 3.41. The van der Waals surface area contributed by atoms with Crippen molar-refractivity contribution in [2.24, 2.45) is 5.41 Å². The number of fused-ring (bicyclic) bond motifs is 1. The molecule has 2 N–H and O–H groups in total. The lowest BCUT2D eigenvalue weighted by Crippen LogP contribution is -2.38. The van der Waals surface area contributed by atoms with E-state index < -0.39 is 0 Å². The van der Waals surface area contributed by atoms with Crippen LogP contribution in [-0.4, -0.2) is 27.5 Å². The Kier molecular flexibility index (Phi) is 3.18. The van der Waals surface area contributed by atoms with Crippen LogP contribution in [0, 0.1) is 12.3 Å². The molecule has 2 saturated carbocycles. The van der Waals surface area contributed by atoms with E-state index in [1.807, 2.05) is 6.92 Å². The number of nitrogens with zero attached hydrogens (tertiary/aromatic N) is 2. The SMILES string of the molecule is Cc1oc2ncnc(NC3(C)CC3)c2c1C(=O)NC(C)C1(C)CC1. The maximum absolute atomic E-state index is 12.9. The Labute approximate surface area is 141 Å². The smallest absolute Gasteiger partial charge is 0.255 e. The van der Waals surface area contributed by atoms with Crippen molar-refractivity contribution in [1.82, 2.24) is 15.3 Å². The number of carbonyl (C=O) groups excluding carboxylic acids is 1. The van der Waals surface area contributed by atoms with E-state index in [0.717, 1.165) is 25.7 Å². The Balaban J connectivity index is 1.71. The van der Waals surface area contributed by atoms with Gasteiger partial charge in [-0.25, -0.2) is 9.97 Å². The first-order valence-electron chi connectivity index (χ1n) is 8.64. The van der Waals surface area contributed by atoms with Gasteiger partial charge in [-0.3, -0.25) is 4.79 Å². The topological polar surface area (TPSA) is 80.1 Å². The summed E-state index contributed by atoms with van der Waals surface area (Å²) in [6.45, 7) is 8.25. The summed E-state index contributed by atoms with van der Waals surface area (Å²) in [5, 5.41) is 7.28. The normalized spacial score (nSPS) is 21.3. The van der Waals surface area contributed by atoms with Crippen molar-refractivity contribution in [3.8, 4) is 0 Å². The van der Waals surface area contributed by atoms with Gasteiger partial charge in [0.15, 0.2) is 0 Å². The van der Waals surface area contributed by atoms with Crippen LogP contribution in [-0.2, 0) is 0 Å². The van der Waals surface area contributed by atoms with Crippen molar-refractivity contribution in [3.63, 3.8) is 0 Å². The highest BCUT2D eigenvalue weighted by molar-refractivity contribution is 6.10. The molecule has 6 heteroatoms. The van der Waals surface area contributed by atoms with Crippen LogP contribution in [0.1, 0.15) is 62.6 Å². The summed E-state index contributed by atoms with van der Waals surface area (Å²) in [6, 6.07) is 0.135. The molecule has 0 bridgehead atoms. The van der Waals surface area contributed by atoms with Gasteiger partial charge in [-0.2, -0.15) is 0 Å². The van der Waals surface area contributed by atoms with Crippen molar-refractivity contribution >= 4 is 22.8 Å². The fraction of sp³-hybridized carbons (Fsp3) is 0.611. The maximum atomic E-state index is 12.9. The van der Waals surface area contributed by atoms with Crippen molar-refractivity contribution in [2.45, 2.75) is 65.0 Å². The molecule has 24 heavy (non-hydrogen) atoms. The molecule has 128 valence electrons. The molecule has 2 aromatic heterocycles. The zero-order valence-electron chi connectivity index (χ0n) is 14.7. The van der Waals surface area contributed by atoms with Gasteiger partial charge in [0.25, 0.3) is 5.91 Å². The summed E-state index contributed by atoms with van der Waals surface area (Å²) in [5.74, 6) is 1.16. The molecule has 4 rings (SSSR count). The van der Waals surface area contributed by atoms with Crippen LogP contribution in [0.4, 0.5) is 5.82 Å². The van der Waals surface area contributed by atoms with Crippen LogP contribution in [0.2, 0.25) is 0 Å². The second-order valence-corrected chi connectivity index (χ2v) is 7.97. The number of hydrogen-bond donors (Lipinski definition) is 2. The number of furan rings is 1. The van der Waals surface area contributed by atoms with Gasteiger partial charge in [-0.1, -0.05) is 6.92 Å². The molecule has 2 heterocycles. The maximum Gasteiger partial charge on any atom is 0.255 e. The minimum atomic E-state index is -0.106. The zero-order chi connectivity index (χ0) is 17.1. The Bertz CT molecular complexity index is 818. The van der Waals surface area contributed by atoms with Crippen LogP contribution < -0.4 is 10.6 Å². The van der Waals surface area contributed by atoms with E-state index in [1.54, 1.807) is 0 Å². The Morgan fingerprint density at radius 3 is 2.58 bits per heavy atom. The summed E-state index contributed by atoms with van der Waals surface area (Å²) in [6.07, 6.45) is 6.01. The van der Waals surface area contributed by atoms with E-state index in [4.69, 9.17) is 4.42 Å². The number of aryl methyl sites for hydroxylation is 1. The summed E-state index contributed by atoms with van der Waals surface area (Å²) >= 11 is 0. The van der Waals surface area contributed by atoms with E-state index in [-0.39, 0.29) is 22.9 Å². The van der Waals surface area contributed by atoms with Gasteiger partial charge in [0.1, 0.15) is 17.9 Å². The molecule has 0 saturated heterocycles. The van der Waals surface area contributed by atoms with Gasteiger partial charge in [0.05, 0.1) is 10.9 Å². The number of carbonyl (C=O) groups is 1. The van der Waals surface area contributed by atoms with Gasteiger partial charge < -0.3 is 15.1 Å². The Morgan fingerprint density at radius 2 is 1.96 bits per heavy atom. The Morgan fingerprint density at radius 1 is 1.25 bits per heavy atom. The molecule has 0 radical (unpaired) electrons. The second kappa shape index (κ2) is 4.94. The van der Waals surface area contributed by atoms with Gasteiger partial charge in [0.2, 0.25) is 5.71 Å². The standard InChI is InChI=1S/C18H24N4O2/c1-10-12(15(23)21-11(2)17(3)5-6-17)13-14(22-18(4)7-8-18)19-9-20-16(13)24-10/h9,11H,5-8H2,1-4H3,(H,21,23)(H,19,20,22). The first kappa shape index (κ1) is 15.4. The van der Waals surface area contributed by atoms with Gasteiger partial charge in [-0.15, -0.1) is 0 Å². The first-order valence-corrected chi connectivity index (χ1v) is 8.64. The number of nitrogens with one attached hydrogen (secondary N) is 2. The van der Waals surface area contributed by atoms with Gasteiger partial charge in [0, 0.05) is 11.6 Å². The van der Waals surface area contributed by atoms with E-state index in [2.05, 4.69) is 41.4 Å². The first-order chi connectivity index (χ1) is 11.3. The minimum absolute atomic E-state index is 0.0645. The van der Waals surface area contributed by atoms with Crippen LogP contribution >= 0.6 is 0 Å². The third-order valence-electron chi connectivity index (χ3n) is 5.74. The molecule has 2 aromatic rings. The van der Waals surface area contributed by atoms with Crippen molar-refractivity contribution in [2.75, 3.05) is 5.32 Å². The average molecular weight is 328 g/mol. The quantitative estimate of drug-likeness (QED) is 0.879. The molecule has 2 aliphatic rings. The number of hydrogen-bond acceptors (Lipinski definition) is 5. The predicted molar refractivity (Wildman–Crippen MR) is 92.1 cm³/mol. The third kappa shape index (κ3) is 2.54. The highest BCUT2D eigenvalue weighted by atomic mass is 16.3. The van der Waals surface area contributed by atoms with Crippen LogP contribution in [0.25, 0.3) is 11.1 Å². The molecule has 1 atom stereocenters. The van der Waals surface area contributed by atoms with Crippen molar-refractivity contribution < 1.29 is 9.21 Å². The molecule has 0 aliphatic heterocycles. The fourth-order valence-electron chi connectivity index (χ4n) is 3.08. The Hall–Kier alpha value is -2.11. The zero-order valence-corrected chi connectivity index (χ0v) is 14.7. The van der Waals surface area contributed by atoms with Crippen LogP contribution in [0.3, 0.4) is 0 Å². The van der Waals surface area contributed by atoms with Gasteiger partial charge >= 0.3 is 0 Å². The molecule has 0 aromatic carbocycles. The van der Waals surface area contributed by atoms with E-state index >= 15 is 0 Å². The highest BCUT2D eigenvalue weighted by Gasteiger charge is 2.43. The summed E-state index contributed by atoms with van der Waals surface area (Å²) in [5.41, 5.74) is 1.30. The highest BCUT2D eigenvalue weighted by Crippen LogP contribution is 2.48. The largest absolute Gasteiger partial charge is 0.442 e. The van der Waals surface area contributed by atoms with Crippen molar-refractivity contribution in [3.05, 3.63) is 17.7 Å². The number of aromatic nitrogens is 2. The van der Waals surface area contributed by atoms with Crippen LogP contribution in [0.5, 0.6) is 0 Å². The molecule has 1 amide bonds. The lowest BCUT2D eigenvalue weighted by atomic mass is 10.00. The van der Waals surface area contributed by atoms with Crippen LogP contribution in [0.15, 0.2) is 10.7 Å². The summed E-state index contributed by atoms with van der Waals surface area (Å²) in [7, 11) is 0. The van der Waals surface area contributed by atoms with Gasteiger partial charge in [-0.05, 0) is 51.9 Å². The number of amides is 1. The monoisotopic (exact) mass is 328 g/mol. The molecule has 0 spiro atoms. The van der Waals surface area contributed by atoms with E-state index in [0.29, 0.717) is 28.2 Å². The van der Waals surface area contributed by atoms with Crippen molar-refractivity contribution in [1.29, 1.82) is 0 Å². The fourth-order valence-corrected chi connectivity index (χ4v) is 3.08. The molecule has 1 unspecified atom stereocenters. The molecule has 2 aliphatic carbocycles. The van der Waals surface area contributed by atoms with E-state index in [9.17, 15) is 4.79 Å². The molecule has 2 fully saturated rings. The molecular formula is C18H24N4O2. The molecular weight excluding hydrogens is 304 g/mol.